The second-order valence-corrected chi connectivity index (χ2v) is 11.3. The summed E-state index contributed by atoms with van der Waals surface area (Å²) in [7, 11) is 2.17. The Labute approximate surface area is 188 Å². The van der Waals surface area contributed by atoms with Gasteiger partial charge in [-0.25, -0.2) is 0 Å². The highest BCUT2D eigenvalue weighted by molar-refractivity contribution is 5.80. The first kappa shape index (κ1) is 31.1. The molecule has 5 nitrogen and oxygen atoms in total. The van der Waals surface area contributed by atoms with Gasteiger partial charge in [-0.1, -0.05) is 42.5 Å². The third-order valence-corrected chi connectivity index (χ3v) is 7.46. The summed E-state index contributed by atoms with van der Waals surface area (Å²) in [4.78, 5) is 27.7. The van der Waals surface area contributed by atoms with Crippen molar-refractivity contribution in [3.8, 4) is 0 Å². The number of rotatable bonds is 7. The Hall–Kier alpha value is -1.10. The van der Waals surface area contributed by atoms with E-state index in [4.69, 9.17) is 0 Å². The minimum Gasteiger partial charge on any atom is -0.353 e. The highest BCUT2D eigenvalue weighted by Crippen LogP contribution is 2.38. The normalized spacial score (nSPS) is 20.4. The van der Waals surface area contributed by atoms with Gasteiger partial charge in [0.1, 0.15) is 0 Å². The largest absolute Gasteiger partial charge is 0.353 e. The third-order valence-electron chi connectivity index (χ3n) is 7.46. The molecule has 1 unspecified atom stereocenters. The first-order valence-corrected chi connectivity index (χ1v) is 10.8. The van der Waals surface area contributed by atoms with Crippen LogP contribution in [0.4, 0.5) is 0 Å². The summed E-state index contributed by atoms with van der Waals surface area (Å²) in [6, 6.07) is 0.169. The fraction of sp³-hybridized carbons (Fsp3) is 0.920. The number of piperidine rings is 1. The third kappa shape index (κ3) is 7.25. The van der Waals surface area contributed by atoms with Gasteiger partial charge in [-0.3, -0.25) is 14.5 Å². The van der Waals surface area contributed by atoms with Crippen LogP contribution in [0.2, 0.25) is 0 Å². The van der Waals surface area contributed by atoms with E-state index in [1.54, 1.807) is 0 Å². The first-order valence-electron chi connectivity index (χ1n) is 10.8. The molecule has 1 fully saturated rings. The van der Waals surface area contributed by atoms with Crippen LogP contribution in [-0.2, 0) is 9.59 Å². The van der Waals surface area contributed by atoms with Gasteiger partial charge in [-0.05, 0) is 73.3 Å². The van der Waals surface area contributed by atoms with Crippen LogP contribution in [0.1, 0.15) is 110 Å². The molecule has 0 bridgehead atoms. The second kappa shape index (κ2) is 10.5. The molecule has 1 rings (SSSR count). The van der Waals surface area contributed by atoms with Gasteiger partial charge < -0.3 is 10.6 Å². The van der Waals surface area contributed by atoms with Gasteiger partial charge in [-0.15, -0.1) is 0 Å². The summed E-state index contributed by atoms with van der Waals surface area (Å²) in [5, 5.41) is 6.45. The zero-order valence-corrected chi connectivity index (χ0v) is 20.2. The maximum atomic E-state index is 12.9. The van der Waals surface area contributed by atoms with E-state index >= 15 is 0 Å². The molecule has 1 aliphatic rings. The Kier molecular flexibility index (Phi) is 10.9. The minimum absolute atomic E-state index is 0. The molecule has 0 radical (unpaired) electrons. The Balaban J connectivity index is 0. The van der Waals surface area contributed by atoms with Crippen molar-refractivity contribution in [3.05, 3.63) is 0 Å². The van der Waals surface area contributed by atoms with Crippen molar-refractivity contribution in [2.45, 2.75) is 132 Å². The van der Waals surface area contributed by atoms with Gasteiger partial charge in [0.2, 0.25) is 11.8 Å². The van der Waals surface area contributed by atoms with Crippen molar-refractivity contribution in [2.24, 2.45) is 11.3 Å². The van der Waals surface area contributed by atoms with Crippen LogP contribution in [0.5, 0.6) is 0 Å². The van der Waals surface area contributed by atoms with Crippen molar-refractivity contribution in [2.75, 3.05) is 7.05 Å². The molecule has 1 heterocycles. The summed E-state index contributed by atoms with van der Waals surface area (Å²) in [5.74, 6) is 0.101. The predicted octanol–water partition coefficient (Wildman–Crippen LogP) is 5.38. The predicted molar refractivity (Wildman–Crippen MR) is 131 cm³/mol. The maximum Gasteiger partial charge on any atom is 0.223 e. The van der Waals surface area contributed by atoms with Crippen LogP contribution in [0.15, 0.2) is 0 Å². The van der Waals surface area contributed by atoms with Crippen LogP contribution < -0.4 is 10.6 Å². The lowest BCUT2D eigenvalue weighted by Gasteiger charge is -2.53. The molecule has 0 aromatic heterocycles. The van der Waals surface area contributed by atoms with Crippen LogP contribution >= 0.6 is 0 Å². The van der Waals surface area contributed by atoms with Gasteiger partial charge in [-0.2, -0.15) is 0 Å². The molecule has 2 amide bonds. The van der Waals surface area contributed by atoms with E-state index in [-0.39, 0.29) is 55.1 Å². The summed E-state index contributed by atoms with van der Waals surface area (Å²) >= 11 is 0. The SMILES string of the molecule is C.C.CCC(C)C(=O)NC(C)(C)C(C)(C)CC(=O)NC1CC(C)(C)N(C)C(C)(C)C1. The number of amides is 2. The lowest BCUT2D eigenvalue weighted by molar-refractivity contribution is -0.131. The average molecular weight is 428 g/mol. The average Bonchev–Trinajstić information content (AvgIpc) is 2.49. The number of likely N-dealkylation sites (tertiary alicyclic amines) is 1. The number of nitrogens with one attached hydrogen (secondary N) is 2. The van der Waals surface area contributed by atoms with Crippen molar-refractivity contribution in [1.29, 1.82) is 0 Å². The quantitative estimate of drug-likeness (QED) is 0.573. The van der Waals surface area contributed by atoms with Crippen LogP contribution in [0.25, 0.3) is 0 Å². The molecule has 0 spiro atoms. The lowest BCUT2D eigenvalue weighted by Crippen LogP contribution is -2.63. The number of hydrogen-bond donors (Lipinski definition) is 2. The Morgan fingerprint density at radius 2 is 1.47 bits per heavy atom. The molecule has 0 aromatic rings. The van der Waals surface area contributed by atoms with Gasteiger partial charge in [0.05, 0.1) is 0 Å². The summed E-state index contributed by atoms with van der Waals surface area (Å²) < 4.78 is 0. The molecule has 1 aliphatic heterocycles. The van der Waals surface area contributed by atoms with Gasteiger partial charge in [0.15, 0.2) is 0 Å². The van der Waals surface area contributed by atoms with E-state index in [9.17, 15) is 9.59 Å². The van der Waals surface area contributed by atoms with Crippen molar-refractivity contribution < 1.29 is 9.59 Å². The minimum atomic E-state index is -0.476. The topological polar surface area (TPSA) is 61.4 Å². The van der Waals surface area contributed by atoms with Crippen LogP contribution in [-0.4, -0.2) is 46.4 Å². The fourth-order valence-corrected chi connectivity index (χ4v) is 4.16. The maximum absolute atomic E-state index is 12.9. The van der Waals surface area contributed by atoms with E-state index in [2.05, 4.69) is 64.1 Å². The highest BCUT2D eigenvalue weighted by atomic mass is 16.2. The molecule has 1 atom stereocenters. The Morgan fingerprint density at radius 1 is 1.03 bits per heavy atom. The van der Waals surface area contributed by atoms with E-state index < -0.39 is 5.54 Å². The fourth-order valence-electron chi connectivity index (χ4n) is 4.16. The Morgan fingerprint density at radius 3 is 1.87 bits per heavy atom. The van der Waals surface area contributed by atoms with Crippen LogP contribution in [0, 0.1) is 11.3 Å². The highest BCUT2D eigenvalue weighted by Gasteiger charge is 2.44. The number of carbonyl (C=O) groups excluding carboxylic acids is 2. The van der Waals surface area contributed by atoms with Gasteiger partial charge >= 0.3 is 0 Å². The second-order valence-electron chi connectivity index (χ2n) is 11.3. The number of nitrogens with zero attached hydrogens (tertiary/aromatic N) is 1. The Bertz CT molecular complexity index is 561. The number of hydrogen-bond acceptors (Lipinski definition) is 3. The molecule has 30 heavy (non-hydrogen) atoms. The van der Waals surface area contributed by atoms with Crippen molar-refractivity contribution in [1.82, 2.24) is 15.5 Å². The van der Waals surface area contributed by atoms with Gasteiger partial charge in [0.25, 0.3) is 0 Å². The molecule has 2 N–H and O–H groups in total. The number of carbonyl (C=O) groups is 2. The monoisotopic (exact) mass is 427 g/mol. The van der Waals surface area contributed by atoms with E-state index in [1.807, 2.05) is 27.7 Å². The van der Waals surface area contributed by atoms with Crippen molar-refractivity contribution in [3.63, 3.8) is 0 Å². The molecule has 0 saturated carbocycles. The molecule has 5 heteroatoms. The summed E-state index contributed by atoms with van der Waals surface area (Å²) in [5.41, 5.74) is -0.760. The molecule has 0 aliphatic carbocycles. The first-order chi connectivity index (χ1) is 12.4. The zero-order chi connectivity index (χ0) is 22.1. The molecule has 180 valence electrons. The molecule has 0 aromatic carbocycles. The van der Waals surface area contributed by atoms with E-state index in [0.29, 0.717) is 6.42 Å². The van der Waals surface area contributed by atoms with Gasteiger partial charge in [0, 0.05) is 35.0 Å². The molecular formula is C25H53N3O2. The van der Waals surface area contributed by atoms with E-state index in [0.717, 1.165) is 19.3 Å². The summed E-state index contributed by atoms with van der Waals surface area (Å²) in [6.07, 6.45) is 3.07. The molecule has 1 saturated heterocycles. The van der Waals surface area contributed by atoms with E-state index in [1.165, 1.54) is 0 Å². The van der Waals surface area contributed by atoms with Crippen molar-refractivity contribution >= 4 is 11.8 Å². The lowest BCUT2D eigenvalue weighted by atomic mass is 9.71. The zero-order valence-electron chi connectivity index (χ0n) is 20.2. The molecular weight excluding hydrogens is 374 g/mol. The summed E-state index contributed by atoms with van der Waals surface area (Å²) in [6.45, 7) is 21.1. The van der Waals surface area contributed by atoms with Crippen LogP contribution in [0.3, 0.4) is 0 Å². The smallest absolute Gasteiger partial charge is 0.223 e. The standard InChI is InChI=1S/C23H45N3O2.2CH4/c1-12-16(2)19(28)25-23(9,10)20(3,4)15-18(27)24-17-13-21(5,6)26(11)22(7,8)14-17;;/h16-17H,12-15H2,1-11H3,(H,24,27)(H,25,28);2*1H4.